The normalized spacial score (nSPS) is 11.4. The SMILES string of the molecule is Cc1cc(C)cc(Cc2ccc3cc4ccccc4c(Cc4cc(C)cc(C)c4)c3c2)c1. The highest BCUT2D eigenvalue weighted by molar-refractivity contribution is 6.02. The molecule has 0 unspecified atom stereocenters. The Kier molecular flexibility index (Phi) is 5.31. The lowest BCUT2D eigenvalue weighted by Crippen LogP contribution is -1.96. The van der Waals surface area contributed by atoms with Gasteiger partial charge in [0.1, 0.15) is 0 Å². The maximum absolute atomic E-state index is 2.43. The molecule has 0 amide bonds. The van der Waals surface area contributed by atoms with Crippen LogP contribution in [0.25, 0.3) is 21.5 Å². The lowest BCUT2D eigenvalue weighted by molar-refractivity contribution is 1.17. The van der Waals surface area contributed by atoms with Gasteiger partial charge in [-0.25, -0.2) is 0 Å². The van der Waals surface area contributed by atoms with Crippen molar-refractivity contribution in [1.29, 1.82) is 0 Å². The lowest BCUT2D eigenvalue weighted by atomic mass is 9.90. The zero-order valence-electron chi connectivity index (χ0n) is 19.5. The van der Waals surface area contributed by atoms with Crippen molar-refractivity contribution in [1.82, 2.24) is 0 Å². The molecule has 0 aliphatic carbocycles. The summed E-state index contributed by atoms with van der Waals surface area (Å²) in [5, 5.41) is 5.39. The van der Waals surface area contributed by atoms with Crippen molar-refractivity contribution >= 4 is 21.5 Å². The van der Waals surface area contributed by atoms with Crippen LogP contribution in [0.5, 0.6) is 0 Å². The quantitative estimate of drug-likeness (QED) is 0.259. The van der Waals surface area contributed by atoms with Crippen molar-refractivity contribution in [3.63, 3.8) is 0 Å². The number of benzene rings is 5. The van der Waals surface area contributed by atoms with E-state index in [0.717, 1.165) is 12.8 Å². The Hall–Kier alpha value is -3.38. The Morgan fingerprint density at radius 3 is 1.66 bits per heavy atom. The van der Waals surface area contributed by atoms with Crippen LogP contribution < -0.4 is 0 Å². The molecule has 0 spiro atoms. The summed E-state index contributed by atoms with van der Waals surface area (Å²) < 4.78 is 0. The number of fused-ring (bicyclic) bond motifs is 2. The first kappa shape index (κ1) is 20.5. The number of hydrogen-bond acceptors (Lipinski definition) is 0. The third-order valence-electron chi connectivity index (χ3n) is 6.39. The van der Waals surface area contributed by atoms with Gasteiger partial charge < -0.3 is 0 Å². The molecular weight excluding hydrogens is 384 g/mol. The van der Waals surface area contributed by atoms with Crippen LogP contribution in [-0.2, 0) is 12.8 Å². The fraction of sp³-hybridized carbons (Fsp3) is 0.188. The minimum absolute atomic E-state index is 0.952. The molecule has 0 aromatic heterocycles. The Labute approximate surface area is 191 Å². The largest absolute Gasteiger partial charge is 0.0616 e. The molecule has 0 saturated carbocycles. The molecule has 158 valence electrons. The molecule has 5 aromatic carbocycles. The Morgan fingerprint density at radius 2 is 1.00 bits per heavy atom. The van der Waals surface area contributed by atoms with Gasteiger partial charge in [0.15, 0.2) is 0 Å². The van der Waals surface area contributed by atoms with Crippen LogP contribution in [0.2, 0.25) is 0 Å². The van der Waals surface area contributed by atoms with Crippen molar-refractivity contribution in [2.45, 2.75) is 40.5 Å². The first-order chi connectivity index (χ1) is 15.4. The molecule has 5 rings (SSSR count). The molecule has 5 aromatic rings. The molecule has 0 radical (unpaired) electrons. The predicted octanol–water partition coefficient (Wildman–Crippen LogP) is 8.41. The van der Waals surface area contributed by atoms with E-state index in [0.29, 0.717) is 0 Å². The summed E-state index contributed by atoms with van der Waals surface area (Å²) in [6, 6.07) is 32.0. The van der Waals surface area contributed by atoms with E-state index >= 15 is 0 Å². The monoisotopic (exact) mass is 414 g/mol. The second-order valence-corrected chi connectivity index (χ2v) is 9.48. The van der Waals surface area contributed by atoms with Crippen molar-refractivity contribution < 1.29 is 0 Å². The highest BCUT2D eigenvalue weighted by atomic mass is 14.1. The zero-order chi connectivity index (χ0) is 22.2. The van der Waals surface area contributed by atoms with E-state index in [1.165, 1.54) is 66.1 Å². The van der Waals surface area contributed by atoms with E-state index in [1.54, 1.807) is 0 Å². The molecule has 0 aliphatic rings. The van der Waals surface area contributed by atoms with Crippen molar-refractivity contribution in [3.8, 4) is 0 Å². The van der Waals surface area contributed by atoms with Gasteiger partial charge in [-0.15, -0.1) is 0 Å². The van der Waals surface area contributed by atoms with Crippen LogP contribution >= 0.6 is 0 Å². The third kappa shape index (κ3) is 4.18. The molecule has 0 N–H and O–H groups in total. The zero-order valence-corrected chi connectivity index (χ0v) is 19.5. The van der Waals surface area contributed by atoms with Gasteiger partial charge in [0.05, 0.1) is 0 Å². The van der Waals surface area contributed by atoms with Gasteiger partial charge in [-0.2, -0.15) is 0 Å². The molecular formula is C32H30. The second kappa shape index (κ2) is 8.28. The fourth-order valence-corrected chi connectivity index (χ4v) is 5.28. The Bertz CT molecular complexity index is 1410. The standard InChI is InChI=1S/C32H30/c1-21-11-22(2)14-26(13-21)17-25-9-10-29-20-28-7-5-6-8-30(28)32(31(29)18-25)19-27-15-23(3)12-24(4)16-27/h5-16,18,20H,17,19H2,1-4H3. The summed E-state index contributed by atoms with van der Waals surface area (Å²) >= 11 is 0. The van der Waals surface area contributed by atoms with Crippen LogP contribution in [0, 0.1) is 27.7 Å². The maximum Gasteiger partial charge on any atom is -0.00132 e. The summed E-state index contributed by atoms with van der Waals surface area (Å²) in [6.07, 6.45) is 1.92. The van der Waals surface area contributed by atoms with Crippen molar-refractivity contribution in [2.24, 2.45) is 0 Å². The van der Waals surface area contributed by atoms with Gasteiger partial charge >= 0.3 is 0 Å². The highest BCUT2D eigenvalue weighted by Crippen LogP contribution is 2.32. The average molecular weight is 415 g/mol. The summed E-state index contributed by atoms with van der Waals surface area (Å²) in [5.74, 6) is 0. The van der Waals surface area contributed by atoms with E-state index in [4.69, 9.17) is 0 Å². The minimum atomic E-state index is 0.952. The van der Waals surface area contributed by atoms with E-state index < -0.39 is 0 Å². The smallest absolute Gasteiger partial charge is 0.00132 e. The molecule has 0 atom stereocenters. The highest BCUT2D eigenvalue weighted by Gasteiger charge is 2.11. The number of aryl methyl sites for hydroxylation is 4. The molecule has 0 nitrogen and oxygen atoms in total. The van der Waals surface area contributed by atoms with Crippen LogP contribution in [0.1, 0.15) is 44.5 Å². The van der Waals surface area contributed by atoms with Gasteiger partial charge in [-0.05, 0) is 90.4 Å². The molecule has 0 heterocycles. The molecule has 0 bridgehead atoms. The molecule has 32 heavy (non-hydrogen) atoms. The first-order valence-electron chi connectivity index (χ1n) is 11.5. The summed E-state index contributed by atoms with van der Waals surface area (Å²) in [4.78, 5) is 0. The lowest BCUT2D eigenvalue weighted by Gasteiger charge is -2.14. The second-order valence-electron chi connectivity index (χ2n) is 9.48. The van der Waals surface area contributed by atoms with E-state index in [2.05, 4.69) is 113 Å². The van der Waals surface area contributed by atoms with Crippen molar-refractivity contribution in [3.05, 3.63) is 129 Å². The minimum Gasteiger partial charge on any atom is -0.0616 e. The van der Waals surface area contributed by atoms with E-state index in [9.17, 15) is 0 Å². The van der Waals surface area contributed by atoms with Gasteiger partial charge in [0, 0.05) is 0 Å². The van der Waals surface area contributed by atoms with Gasteiger partial charge in [-0.1, -0.05) is 101 Å². The van der Waals surface area contributed by atoms with Gasteiger partial charge in [0.25, 0.3) is 0 Å². The number of hydrogen-bond donors (Lipinski definition) is 0. The van der Waals surface area contributed by atoms with E-state index in [-0.39, 0.29) is 0 Å². The molecule has 0 fully saturated rings. The maximum atomic E-state index is 2.43. The summed E-state index contributed by atoms with van der Waals surface area (Å²) in [7, 11) is 0. The van der Waals surface area contributed by atoms with E-state index in [1.807, 2.05) is 0 Å². The molecule has 0 aliphatic heterocycles. The third-order valence-corrected chi connectivity index (χ3v) is 6.39. The molecule has 0 heteroatoms. The van der Waals surface area contributed by atoms with Crippen LogP contribution in [0.15, 0.2) is 84.9 Å². The van der Waals surface area contributed by atoms with Gasteiger partial charge in [-0.3, -0.25) is 0 Å². The Morgan fingerprint density at radius 1 is 0.438 bits per heavy atom. The van der Waals surface area contributed by atoms with Crippen LogP contribution in [0.4, 0.5) is 0 Å². The summed E-state index contributed by atoms with van der Waals surface area (Å²) in [6.45, 7) is 8.76. The fourth-order valence-electron chi connectivity index (χ4n) is 5.28. The Balaban J connectivity index is 1.66. The topological polar surface area (TPSA) is 0 Å². The van der Waals surface area contributed by atoms with Crippen molar-refractivity contribution in [2.75, 3.05) is 0 Å². The van der Waals surface area contributed by atoms with Crippen LogP contribution in [0.3, 0.4) is 0 Å². The van der Waals surface area contributed by atoms with Gasteiger partial charge in [0.2, 0.25) is 0 Å². The first-order valence-corrected chi connectivity index (χ1v) is 11.5. The van der Waals surface area contributed by atoms with Crippen LogP contribution in [-0.4, -0.2) is 0 Å². The predicted molar refractivity (Wildman–Crippen MR) is 139 cm³/mol. The average Bonchev–Trinajstić information content (AvgIpc) is 2.72. The summed E-state index contributed by atoms with van der Waals surface area (Å²) in [5.41, 5.74) is 10.9. The number of rotatable bonds is 4. The molecule has 0 saturated heterocycles.